The zero-order valence-electron chi connectivity index (χ0n) is 12.2. The van der Waals surface area contributed by atoms with Crippen LogP contribution in [0.1, 0.15) is 48.0 Å². The SMILES string of the molecule is O=Cc1ccc(/C=C2\SC(=S)N(C3CCCCC3)C2=O)cc1. The molecule has 1 saturated heterocycles. The Hall–Kier alpha value is -1.46. The lowest BCUT2D eigenvalue weighted by molar-refractivity contribution is -0.124. The molecule has 1 aromatic rings. The van der Waals surface area contributed by atoms with Gasteiger partial charge in [-0.1, -0.05) is 67.5 Å². The molecule has 1 aliphatic heterocycles. The number of hydrogen-bond acceptors (Lipinski definition) is 4. The van der Waals surface area contributed by atoms with E-state index in [4.69, 9.17) is 12.2 Å². The first-order valence-electron chi connectivity index (χ1n) is 7.51. The van der Waals surface area contributed by atoms with Gasteiger partial charge in [0, 0.05) is 11.6 Å². The Bertz CT molecular complexity index is 631. The van der Waals surface area contributed by atoms with Crippen molar-refractivity contribution in [3.63, 3.8) is 0 Å². The van der Waals surface area contributed by atoms with Gasteiger partial charge in [-0.2, -0.15) is 0 Å². The molecular weight excluding hydrogens is 314 g/mol. The number of benzene rings is 1. The van der Waals surface area contributed by atoms with Crippen LogP contribution in [-0.4, -0.2) is 27.5 Å². The molecule has 0 spiro atoms. The number of hydrogen-bond donors (Lipinski definition) is 0. The smallest absolute Gasteiger partial charge is 0.266 e. The van der Waals surface area contributed by atoms with Gasteiger partial charge in [-0.3, -0.25) is 14.5 Å². The highest BCUT2D eigenvalue weighted by atomic mass is 32.2. The lowest BCUT2D eigenvalue weighted by Gasteiger charge is -2.29. The summed E-state index contributed by atoms with van der Waals surface area (Å²) >= 11 is 6.79. The zero-order valence-corrected chi connectivity index (χ0v) is 13.8. The first-order chi connectivity index (χ1) is 10.7. The third-order valence-corrected chi connectivity index (χ3v) is 5.46. The van der Waals surface area contributed by atoms with Crippen LogP contribution < -0.4 is 0 Å². The summed E-state index contributed by atoms with van der Waals surface area (Å²) in [5.74, 6) is 0.0290. The van der Waals surface area contributed by atoms with Crippen molar-refractivity contribution in [2.45, 2.75) is 38.1 Å². The number of carbonyl (C=O) groups excluding carboxylic acids is 2. The Morgan fingerprint density at radius 1 is 1.09 bits per heavy atom. The second kappa shape index (κ2) is 6.75. The Kier molecular flexibility index (Phi) is 4.74. The highest BCUT2D eigenvalue weighted by Gasteiger charge is 2.37. The summed E-state index contributed by atoms with van der Waals surface area (Å²) in [5, 5.41) is 0. The fourth-order valence-electron chi connectivity index (χ4n) is 2.96. The normalized spacial score (nSPS) is 21.6. The predicted octanol–water partition coefficient (Wildman–Crippen LogP) is 4.03. The van der Waals surface area contributed by atoms with Gasteiger partial charge in [0.05, 0.1) is 4.91 Å². The first kappa shape index (κ1) is 15.4. The molecule has 1 amide bonds. The summed E-state index contributed by atoms with van der Waals surface area (Å²) in [5.41, 5.74) is 1.54. The van der Waals surface area contributed by atoms with Crippen molar-refractivity contribution in [3.8, 4) is 0 Å². The van der Waals surface area contributed by atoms with Gasteiger partial charge < -0.3 is 0 Å². The van der Waals surface area contributed by atoms with Gasteiger partial charge in [0.25, 0.3) is 5.91 Å². The molecule has 3 nitrogen and oxygen atoms in total. The third kappa shape index (κ3) is 3.15. The molecule has 0 N–H and O–H groups in total. The van der Waals surface area contributed by atoms with Crippen molar-refractivity contribution >= 4 is 46.6 Å². The first-order valence-corrected chi connectivity index (χ1v) is 8.74. The van der Waals surface area contributed by atoms with Gasteiger partial charge in [0.2, 0.25) is 0 Å². The fraction of sp³-hybridized carbons (Fsp3) is 0.353. The maximum absolute atomic E-state index is 12.6. The molecule has 0 bridgehead atoms. The highest BCUT2D eigenvalue weighted by molar-refractivity contribution is 8.26. The molecule has 1 aromatic carbocycles. The Labute approximate surface area is 139 Å². The van der Waals surface area contributed by atoms with E-state index in [0.717, 1.165) is 24.7 Å². The van der Waals surface area contributed by atoms with Crippen molar-refractivity contribution in [2.75, 3.05) is 0 Å². The van der Waals surface area contributed by atoms with Crippen LogP contribution in [0.25, 0.3) is 6.08 Å². The van der Waals surface area contributed by atoms with Crippen LogP contribution >= 0.6 is 24.0 Å². The molecule has 1 heterocycles. The Morgan fingerprint density at radius 2 is 1.73 bits per heavy atom. The topological polar surface area (TPSA) is 37.4 Å². The van der Waals surface area contributed by atoms with Gasteiger partial charge in [-0.15, -0.1) is 0 Å². The van der Waals surface area contributed by atoms with Crippen LogP contribution in [0.5, 0.6) is 0 Å². The molecule has 0 radical (unpaired) electrons. The Balaban J connectivity index is 1.80. The second-order valence-electron chi connectivity index (χ2n) is 5.63. The molecular formula is C17H17NO2S2. The van der Waals surface area contributed by atoms with Crippen molar-refractivity contribution < 1.29 is 9.59 Å². The third-order valence-electron chi connectivity index (χ3n) is 4.13. The van der Waals surface area contributed by atoms with Crippen LogP contribution in [0.15, 0.2) is 29.2 Å². The summed E-state index contributed by atoms with van der Waals surface area (Å²) in [4.78, 5) is 25.8. The number of carbonyl (C=O) groups is 2. The van der Waals surface area contributed by atoms with E-state index in [9.17, 15) is 9.59 Å². The second-order valence-corrected chi connectivity index (χ2v) is 7.30. The van der Waals surface area contributed by atoms with Crippen molar-refractivity contribution in [2.24, 2.45) is 0 Å². The molecule has 0 unspecified atom stereocenters. The standard InChI is InChI=1S/C17H17NO2S2/c19-11-13-8-6-12(7-9-13)10-15-16(20)18(17(21)22-15)14-4-2-1-3-5-14/h6-11,14H,1-5H2/b15-10-. The molecule has 1 aliphatic carbocycles. The van der Waals surface area contributed by atoms with Crippen molar-refractivity contribution in [1.29, 1.82) is 0 Å². The Morgan fingerprint density at radius 3 is 2.36 bits per heavy atom. The highest BCUT2D eigenvalue weighted by Crippen LogP contribution is 2.37. The van der Waals surface area contributed by atoms with Crippen LogP contribution in [-0.2, 0) is 4.79 Å². The van der Waals surface area contributed by atoms with Gasteiger partial charge in [-0.05, 0) is 24.5 Å². The van der Waals surface area contributed by atoms with E-state index in [1.165, 1.54) is 31.0 Å². The van der Waals surface area contributed by atoms with E-state index in [-0.39, 0.29) is 11.9 Å². The van der Waals surface area contributed by atoms with Gasteiger partial charge in [0.15, 0.2) is 0 Å². The van der Waals surface area contributed by atoms with E-state index in [2.05, 4.69) is 0 Å². The van der Waals surface area contributed by atoms with Gasteiger partial charge >= 0.3 is 0 Å². The minimum Gasteiger partial charge on any atom is -0.298 e. The van der Waals surface area contributed by atoms with E-state index in [1.807, 2.05) is 23.1 Å². The zero-order chi connectivity index (χ0) is 15.5. The minimum atomic E-state index is 0.0290. The van der Waals surface area contributed by atoms with Gasteiger partial charge in [0.1, 0.15) is 10.6 Å². The molecule has 114 valence electrons. The largest absolute Gasteiger partial charge is 0.298 e. The van der Waals surface area contributed by atoms with Crippen molar-refractivity contribution in [1.82, 2.24) is 4.90 Å². The number of thiocarbonyl (C=S) groups is 1. The minimum absolute atomic E-state index is 0.0290. The summed E-state index contributed by atoms with van der Waals surface area (Å²) in [6.07, 6.45) is 8.37. The van der Waals surface area contributed by atoms with Crippen molar-refractivity contribution in [3.05, 3.63) is 40.3 Å². The molecule has 2 aliphatic rings. The fourth-order valence-corrected chi connectivity index (χ4v) is 4.36. The van der Waals surface area contributed by atoms with Crippen LogP contribution in [0.2, 0.25) is 0 Å². The van der Waals surface area contributed by atoms with Crippen LogP contribution in [0, 0.1) is 0 Å². The number of nitrogens with zero attached hydrogens (tertiary/aromatic N) is 1. The van der Waals surface area contributed by atoms with E-state index in [0.29, 0.717) is 14.8 Å². The lowest BCUT2D eigenvalue weighted by Crippen LogP contribution is -2.39. The number of amides is 1. The van der Waals surface area contributed by atoms with Crippen LogP contribution in [0.4, 0.5) is 0 Å². The quantitative estimate of drug-likeness (QED) is 0.476. The average molecular weight is 331 g/mol. The number of thioether (sulfide) groups is 1. The number of rotatable bonds is 3. The predicted molar refractivity (Wildman–Crippen MR) is 93.7 cm³/mol. The summed E-state index contributed by atoms with van der Waals surface area (Å²) in [6.45, 7) is 0. The van der Waals surface area contributed by atoms with E-state index >= 15 is 0 Å². The lowest BCUT2D eigenvalue weighted by atomic mass is 9.94. The molecule has 0 atom stereocenters. The maximum Gasteiger partial charge on any atom is 0.266 e. The maximum atomic E-state index is 12.6. The molecule has 5 heteroatoms. The van der Waals surface area contributed by atoms with E-state index in [1.54, 1.807) is 12.1 Å². The monoisotopic (exact) mass is 331 g/mol. The molecule has 2 fully saturated rings. The number of aldehydes is 1. The van der Waals surface area contributed by atoms with Crippen LogP contribution in [0.3, 0.4) is 0 Å². The van der Waals surface area contributed by atoms with E-state index < -0.39 is 0 Å². The molecule has 0 aromatic heterocycles. The summed E-state index contributed by atoms with van der Waals surface area (Å²) in [7, 11) is 0. The summed E-state index contributed by atoms with van der Waals surface area (Å²) < 4.78 is 0.674. The van der Waals surface area contributed by atoms with Gasteiger partial charge in [-0.25, -0.2) is 0 Å². The molecule has 22 heavy (non-hydrogen) atoms. The molecule has 1 saturated carbocycles. The average Bonchev–Trinajstić information content (AvgIpc) is 2.83. The molecule has 3 rings (SSSR count). The summed E-state index contributed by atoms with van der Waals surface area (Å²) in [6, 6.07) is 7.46.